The zero-order valence-corrected chi connectivity index (χ0v) is 15.2. The van der Waals surface area contributed by atoms with E-state index in [0.29, 0.717) is 11.1 Å². The summed E-state index contributed by atoms with van der Waals surface area (Å²) in [6.45, 7) is 0. The number of carbonyl (C=O) groups is 1. The third kappa shape index (κ3) is 2.50. The fraction of sp³-hybridized carbons (Fsp3) is 0.0417. The molecule has 5 rings (SSSR count). The highest BCUT2D eigenvalue weighted by Gasteiger charge is 2.31. The van der Waals surface area contributed by atoms with E-state index in [4.69, 9.17) is 9.72 Å². The minimum atomic E-state index is 0.0106. The van der Waals surface area contributed by atoms with E-state index in [1.54, 1.807) is 13.3 Å². The van der Waals surface area contributed by atoms with Gasteiger partial charge in [-0.25, -0.2) is 4.98 Å². The number of ether oxygens (including phenoxy) is 1. The Labute approximate surface area is 162 Å². The number of carbonyl (C=O) groups excluding carboxylic acids is 1. The summed E-state index contributed by atoms with van der Waals surface area (Å²) in [5.74, 6) is 0.783. The number of rotatable bonds is 3. The molecule has 0 aliphatic heterocycles. The Morgan fingerprint density at radius 3 is 2.25 bits per heavy atom. The zero-order chi connectivity index (χ0) is 19.1. The van der Waals surface area contributed by atoms with Gasteiger partial charge in [0.05, 0.1) is 29.8 Å². The van der Waals surface area contributed by atoms with Crippen molar-refractivity contribution in [3.8, 4) is 39.5 Å². The fourth-order valence-electron chi connectivity index (χ4n) is 3.64. The number of benzene rings is 2. The first-order chi connectivity index (χ1) is 13.8. The number of aromatic nitrogens is 2. The molecule has 1 aliphatic rings. The van der Waals surface area contributed by atoms with Crippen LogP contribution in [0, 0.1) is 0 Å². The number of pyridine rings is 2. The van der Waals surface area contributed by atoms with Crippen molar-refractivity contribution in [2.75, 3.05) is 7.11 Å². The highest BCUT2D eigenvalue weighted by Crippen LogP contribution is 2.42. The molecule has 0 atom stereocenters. The minimum Gasteiger partial charge on any atom is -0.497 e. The molecule has 0 fully saturated rings. The predicted molar refractivity (Wildman–Crippen MR) is 108 cm³/mol. The van der Waals surface area contributed by atoms with Crippen LogP contribution in [0.25, 0.3) is 33.8 Å². The smallest absolute Gasteiger partial charge is 0.196 e. The number of ketones is 1. The summed E-state index contributed by atoms with van der Waals surface area (Å²) >= 11 is 0. The highest BCUT2D eigenvalue weighted by molar-refractivity contribution is 6.24. The highest BCUT2D eigenvalue weighted by atomic mass is 16.5. The van der Waals surface area contributed by atoms with Crippen LogP contribution in [0.4, 0.5) is 0 Å². The second-order valence-electron chi connectivity index (χ2n) is 6.60. The molecule has 0 spiro atoms. The molecular formula is C24H16N2O2. The summed E-state index contributed by atoms with van der Waals surface area (Å²) in [4.78, 5) is 22.4. The molecule has 1 aliphatic carbocycles. The first kappa shape index (κ1) is 16.4. The first-order valence-electron chi connectivity index (χ1n) is 9.01. The van der Waals surface area contributed by atoms with Crippen molar-refractivity contribution in [1.29, 1.82) is 0 Å². The molecule has 4 heteroatoms. The molecule has 2 heterocycles. The zero-order valence-electron chi connectivity index (χ0n) is 15.2. The molecular weight excluding hydrogens is 348 g/mol. The van der Waals surface area contributed by atoms with Gasteiger partial charge in [-0.1, -0.05) is 42.5 Å². The van der Waals surface area contributed by atoms with E-state index < -0.39 is 0 Å². The molecule has 4 aromatic rings. The number of hydrogen-bond donors (Lipinski definition) is 0. The summed E-state index contributed by atoms with van der Waals surface area (Å²) < 4.78 is 5.27. The number of hydrogen-bond acceptors (Lipinski definition) is 4. The van der Waals surface area contributed by atoms with Gasteiger partial charge in [0.15, 0.2) is 5.78 Å². The van der Waals surface area contributed by atoms with Crippen LogP contribution < -0.4 is 4.74 Å². The van der Waals surface area contributed by atoms with E-state index in [0.717, 1.165) is 39.5 Å². The Hall–Kier alpha value is -3.79. The van der Waals surface area contributed by atoms with Gasteiger partial charge in [0.2, 0.25) is 0 Å². The molecule has 0 N–H and O–H groups in total. The average molecular weight is 364 g/mol. The SMILES string of the molecule is COc1ccc(-c2cc(-c3ccccn3)nc3c2C(=O)c2ccccc2-3)cc1. The molecule has 0 saturated carbocycles. The van der Waals surface area contributed by atoms with Crippen LogP contribution in [-0.2, 0) is 0 Å². The molecule has 2 aromatic heterocycles. The van der Waals surface area contributed by atoms with Gasteiger partial charge in [-0.15, -0.1) is 0 Å². The van der Waals surface area contributed by atoms with Gasteiger partial charge < -0.3 is 4.74 Å². The van der Waals surface area contributed by atoms with Crippen molar-refractivity contribution in [2.24, 2.45) is 0 Å². The van der Waals surface area contributed by atoms with E-state index in [-0.39, 0.29) is 5.78 Å². The maximum atomic E-state index is 13.2. The number of fused-ring (bicyclic) bond motifs is 3. The van der Waals surface area contributed by atoms with Gasteiger partial charge in [-0.05, 0) is 41.5 Å². The Kier molecular flexibility index (Phi) is 3.76. The third-order valence-corrected chi connectivity index (χ3v) is 5.00. The van der Waals surface area contributed by atoms with E-state index >= 15 is 0 Å². The van der Waals surface area contributed by atoms with Crippen LogP contribution in [0.1, 0.15) is 15.9 Å². The standard InChI is InChI=1S/C24H16N2O2/c1-28-16-11-9-15(10-12-16)19-14-21(20-8-4-5-13-25-20)26-23-17-6-2-3-7-18(17)24(27)22(19)23/h2-14H,1H3. The molecule has 0 bridgehead atoms. The molecule has 0 radical (unpaired) electrons. The third-order valence-electron chi connectivity index (χ3n) is 5.00. The molecule has 0 amide bonds. The van der Waals surface area contributed by atoms with Gasteiger partial charge >= 0.3 is 0 Å². The summed E-state index contributed by atoms with van der Waals surface area (Å²) in [6.07, 6.45) is 1.75. The van der Waals surface area contributed by atoms with Gasteiger partial charge in [0, 0.05) is 17.3 Å². The second-order valence-corrected chi connectivity index (χ2v) is 6.60. The lowest BCUT2D eigenvalue weighted by Gasteiger charge is -2.11. The normalized spacial score (nSPS) is 11.8. The van der Waals surface area contributed by atoms with Gasteiger partial charge in [0.1, 0.15) is 5.75 Å². The minimum absolute atomic E-state index is 0.0106. The average Bonchev–Trinajstić information content (AvgIpc) is 3.06. The summed E-state index contributed by atoms with van der Waals surface area (Å²) in [6, 6.07) is 23.0. The van der Waals surface area contributed by atoms with Crippen molar-refractivity contribution in [2.45, 2.75) is 0 Å². The van der Waals surface area contributed by atoms with Gasteiger partial charge in [0.25, 0.3) is 0 Å². The van der Waals surface area contributed by atoms with Gasteiger partial charge in [-0.3, -0.25) is 9.78 Å². The molecule has 134 valence electrons. The molecule has 0 unspecified atom stereocenters. The van der Waals surface area contributed by atoms with E-state index in [2.05, 4.69) is 4.98 Å². The van der Waals surface area contributed by atoms with Crippen molar-refractivity contribution in [3.05, 3.63) is 90.1 Å². The van der Waals surface area contributed by atoms with Gasteiger partial charge in [-0.2, -0.15) is 0 Å². The topological polar surface area (TPSA) is 52.1 Å². The molecule has 0 saturated heterocycles. The monoisotopic (exact) mass is 364 g/mol. The molecule has 28 heavy (non-hydrogen) atoms. The van der Waals surface area contributed by atoms with Crippen LogP contribution in [0.3, 0.4) is 0 Å². The summed E-state index contributed by atoms with van der Waals surface area (Å²) in [5, 5.41) is 0. The van der Waals surface area contributed by atoms with Crippen LogP contribution >= 0.6 is 0 Å². The lowest BCUT2D eigenvalue weighted by atomic mass is 9.96. The van der Waals surface area contributed by atoms with Crippen molar-refractivity contribution in [3.63, 3.8) is 0 Å². The Bertz CT molecular complexity index is 1200. The lowest BCUT2D eigenvalue weighted by molar-refractivity contribution is 0.104. The maximum absolute atomic E-state index is 13.2. The Morgan fingerprint density at radius 2 is 1.54 bits per heavy atom. The largest absolute Gasteiger partial charge is 0.497 e. The van der Waals surface area contributed by atoms with Crippen molar-refractivity contribution in [1.82, 2.24) is 9.97 Å². The van der Waals surface area contributed by atoms with E-state index in [9.17, 15) is 4.79 Å². The van der Waals surface area contributed by atoms with Crippen LogP contribution in [-0.4, -0.2) is 22.9 Å². The molecule has 4 nitrogen and oxygen atoms in total. The van der Waals surface area contributed by atoms with Crippen LogP contribution in [0.5, 0.6) is 5.75 Å². The Morgan fingerprint density at radius 1 is 0.786 bits per heavy atom. The number of methoxy groups -OCH3 is 1. The van der Waals surface area contributed by atoms with E-state index in [1.165, 1.54) is 0 Å². The summed E-state index contributed by atoms with van der Waals surface area (Å²) in [7, 11) is 1.64. The quantitative estimate of drug-likeness (QED) is 0.450. The summed E-state index contributed by atoms with van der Waals surface area (Å²) in [5.41, 5.74) is 6.24. The van der Waals surface area contributed by atoms with Crippen molar-refractivity contribution < 1.29 is 9.53 Å². The van der Waals surface area contributed by atoms with Crippen LogP contribution in [0.15, 0.2) is 79.0 Å². The van der Waals surface area contributed by atoms with Crippen LogP contribution in [0.2, 0.25) is 0 Å². The fourth-order valence-corrected chi connectivity index (χ4v) is 3.64. The van der Waals surface area contributed by atoms with Crippen molar-refractivity contribution >= 4 is 5.78 Å². The lowest BCUT2D eigenvalue weighted by Crippen LogP contribution is -2.01. The predicted octanol–water partition coefficient (Wildman–Crippen LogP) is 5.03. The maximum Gasteiger partial charge on any atom is 0.196 e. The molecule has 2 aromatic carbocycles. The number of nitrogens with zero attached hydrogens (tertiary/aromatic N) is 2. The second kappa shape index (κ2) is 6.43. The first-order valence-corrected chi connectivity index (χ1v) is 9.01. The van der Waals surface area contributed by atoms with E-state index in [1.807, 2.05) is 72.8 Å². The Balaban J connectivity index is 1.80.